The molecule has 6 heteroatoms. The number of aliphatic hydroxyl groups excluding tert-OH is 1. The molecule has 6 nitrogen and oxygen atoms in total. The van der Waals surface area contributed by atoms with Crippen molar-refractivity contribution in [3.8, 4) is 5.75 Å². The number of carbonyl (C=O) groups excluding carboxylic acids is 1. The Kier molecular flexibility index (Phi) is 5.60. The molecule has 0 aliphatic carbocycles. The fraction of sp³-hybridized carbons (Fsp3) is 0.318. The minimum absolute atomic E-state index is 0.0658. The Morgan fingerprint density at radius 1 is 1.11 bits per heavy atom. The van der Waals surface area contributed by atoms with Crippen molar-refractivity contribution in [2.24, 2.45) is 0 Å². The molecule has 3 aromatic rings. The molecule has 2 N–H and O–H groups in total. The number of piperazine rings is 1. The van der Waals surface area contributed by atoms with Crippen molar-refractivity contribution >= 4 is 16.7 Å². The second-order valence-corrected chi connectivity index (χ2v) is 7.17. The van der Waals surface area contributed by atoms with Crippen LogP contribution in [0.5, 0.6) is 5.75 Å². The third-order valence-corrected chi connectivity index (χ3v) is 5.19. The van der Waals surface area contributed by atoms with E-state index in [2.05, 4.69) is 0 Å². The molecule has 1 aliphatic heterocycles. The molecule has 1 aromatic heterocycles. The van der Waals surface area contributed by atoms with Crippen molar-refractivity contribution in [3.63, 3.8) is 0 Å². The van der Waals surface area contributed by atoms with Crippen LogP contribution in [0.4, 0.5) is 0 Å². The monoisotopic (exact) mass is 381 g/mol. The molecule has 146 valence electrons. The Bertz CT molecular complexity index is 912. The van der Waals surface area contributed by atoms with Gasteiger partial charge in [0.15, 0.2) is 5.76 Å². The quantitative estimate of drug-likeness (QED) is 0.674. The highest BCUT2D eigenvalue weighted by Crippen LogP contribution is 2.25. The molecule has 0 saturated carbocycles. The standard InChI is InChI=1S/C22H24N2O4/c25-18(16-28-20-8-3-6-17-5-1-2-7-19(17)20)15-23-10-12-24(13-11-23)22(26)21-9-4-14-27-21/h1-9,14,18,25H,10-13,15-16H2/p+1/t18-/m0/s1. The zero-order chi connectivity index (χ0) is 19.3. The van der Waals surface area contributed by atoms with Crippen LogP contribution in [0.2, 0.25) is 0 Å². The van der Waals surface area contributed by atoms with Crippen molar-refractivity contribution in [3.05, 3.63) is 66.6 Å². The lowest BCUT2D eigenvalue weighted by Gasteiger charge is -2.32. The Balaban J connectivity index is 1.26. The molecule has 0 radical (unpaired) electrons. The van der Waals surface area contributed by atoms with Crippen LogP contribution in [0.25, 0.3) is 10.8 Å². The summed E-state index contributed by atoms with van der Waals surface area (Å²) in [5.74, 6) is 1.11. The number of nitrogens with zero attached hydrogens (tertiary/aromatic N) is 1. The third-order valence-electron chi connectivity index (χ3n) is 5.19. The Labute approximate surface area is 163 Å². The van der Waals surface area contributed by atoms with Gasteiger partial charge in [-0.2, -0.15) is 0 Å². The van der Waals surface area contributed by atoms with Crippen LogP contribution < -0.4 is 9.64 Å². The molecule has 0 unspecified atom stereocenters. The van der Waals surface area contributed by atoms with Gasteiger partial charge in [0.2, 0.25) is 0 Å². The predicted molar refractivity (Wildman–Crippen MR) is 106 cm³/mol. The molecule has 4 rings (SSSR count). The summed E-state index contributed by atoms with van der Waals surface area (Å²) in [6.07, 6.45) is 0.961. The van der Waals surface area contributed by atoms with Gasteiger partial charge < -0.3 is 24.1 Å². The molecule has 0 bridgehead atoms. The average molecular weight is 381 g/mol. The smallest absolute Gasteiger partial charge is 0.289 e. The van der Waals surface area contributed by atoms with Crippen LogP contribution in [0, 0.1) is 0 Å². The van der Waals surface area contributed by atoms with Crippen LogP contribution in [0.15, 0.2) is 65.3 Å². The Morgan fingerprint density at radius 3 is 2.68 bits per heavy atom. The second kappa shape index (κ2) is 8.46. The Morgan fingerprint density at radius 2 is 1.89 bits per heavy atom. The topological polar surface area (TPSA) is 67.4 Å². The van der Waals surface area contributed by atoms with E-state index in [1.807, 2.05) is 42.5 Å². The van der Waals surface area contributed by atoms with E-state index in [4.69, 9.17) is 9.15 Å². The van der Waals surface area contributed by atoms with Crippen LogP contribution in [0.1, 0.15) is 10.6 Å². The molecule has 1 fully saturated rings. The lowest BCUT2D eigenvalue weighted by molar-refractivity contribution is -0.907. The number of furan rings is 1. The molecular weight excluding hydrogens is 356 g/mol. The number of quaternary nitrogens is 1. The highest BCUT2D eigenvalue weighted by atomic mass is 16.5. The van der Waals surface area contributed by atoms with Crippen molar-refractivity contribution in [2.45, 2.75) is 6.10 Å². The van der Waals surface area contributed by atoms with E-state index in [0.29, 0.717) is 25.4 Å². The van der Waals surface area contributed by atoms with Crippen LogP contribution in [0.3, 0.4) is 0 Å². The summed E-state index contributed by atoms with van der Waals surface area (Å²) in [6, 6.07) is 17.4. The van der Waals surface area contributed by atoms with E-state index in [-0.39, 0.29) is 12.5 Å². The zero-order valence-electron chi connectivity index (χ0n) is 15.7. The molecule has 2 aromatic carbocycles. The molecule has 2 heterocycles. The number of rotatable bonds is 6. The van der Waals surface area contributed by atoms with Crippen molar-refractivity contribution in [2.75, 3.05) is 39.3 Å². The summed E-state index contributed by atoms with van der Waals surface area (Å²) in [6.45, 7) is 3.78. The SMILES string of the molecule is O=C(c1ccco1)N1CC[NH+](C[C@H](O)COc2cccc3ccccc23)CC1. The molecular formula is C22H25N2O4+. The number of amides is 1. The fourth-order valence-electron chi connectivity index (χ4n) is 3.69. The van der Waals surface area contributed by atoms with E-state index in [0.717, 1.165) is 29.6 Å². The van der Waals surface area contributed by atoms with Gasteiger partial charge in [-0.3, -0.25) is 4.79 Å². The van der Waals surface area contributed by atoms with Gasteiger partial charge in [0.05, 0.1) is 32.4 Å². The first-order valence-corrected chi connectivity index (χ1v) is 9.65. The van der Waals surface area contributed by atoms with Crippen molar-refractivity contribution < 1.29 is 24.0 Å². The number of aliphatic hydroxyl groups is 1. The van der Waals surface area contributed by atoms with Crippen LogP contribution >= 0.6 is 0 Å². The van der Waals surface area contributed by atoms with E-state index in [1.54, 1.807) is 17.0 Å². The molecule has 0 spiro atoms. The zero-order valence-corrected chi connectivity index (χ0v) is 15.7. The number of hydrogen-bond donors (Lipinski definition) is 2. The van der Waals surface area contributed by atoms with Crippen LogP contribution in [-0.4, -0.2) is 61.3 Å². The summed E-state index contributed by atoms with van der Waals surface area (Å²) in [5, 5.41) is 12.6. The maximum atomic E-state index is 12.3. The van der Waals surface area contributed by atoms with Crippen LogP contribution in [-0.2, 0) is 0 Å². The first kappa shape index (κ1) is 18.5. The minimum atomic E-state index is -0.554. The van der Waals surface area contributed by atoms with Gasteiger partial charge in [-0.05, 0) is 23.6 Å². The Hall–Kier alpha value is -2.83. The molecule has 28 heavy (non-hydrogen) atoms. The summed E-state index contributed by atoms with van der Waals surface area (Å²) in [7, 11) is 0. The van der Waals surface area contributed by atoms with Gasteiger partial charge in [-0.1, -0.05) is 36.4 Å². The van der Waals surface area contributed by atoms with Crippen molar-refractivity contribution in [1.29, 1.82) is 0 Å². The first-order chi connectivity index (χ1) is 13.7. The third kappa shape index (κ3) is 4.18. The van der Waals surface area contributed by atoms with Gasteiger partial charge >= 0.3 is 0 Å². The van der Waals surface area contributed by atoms with Gasteiger partial charge in [0, 0.05) is 5.39 Å². The number of carbonyl (C=O) groups is 1. The molecule has 1 saturated heterocycles. The maximum Gasteiger partial charge on any atom is 0.289 e. The van der Waals surface area contributed by atoms with Gasteiger partial charge in [0.25, 0.3) is 5.91 Å². The summed E-state index contributed by atoms with van der Waals surface area (Å²) in [5.41, 5.74) is 0. The second-order valence-electron chi connectivity index (χ2n) is 7.17. The lowest BCUT2D eigenvalue weighted by Crippen LogP contribution is -3.16. The summed E-state index contributed by atoms with van der Waals surface area (Å²) in [4.78, 5) is 15.4. The average Bonchev–Trinajstić information content (AvgIpc) is 3.27. The van der Waals surface area contributed by atoms with E-state index in [9.17, 15) is 9.90 Å². The number of fused-ring (bicyclic) bond motifs is 1. The van der Waals surface area contributed by atoms with Gasteiger partial charge in [0.1, 0.15) is 25.0 Å². The lowest BCUT2D eigenvalue weighted by atomic mass is 10.1. The number of nitrogens with one attached hydrogen (secondary N) is 1. The molecule has 1 atom stereocenters. The van der Waals surface area contributed by atoms with E-state index < -0.39 is 6.10 Å². The van der Waals surface area contributed by atoms with Gasteiger partial charge in [-0.15, -0.1) is 0 Å². The largest absolute Gasteiger partial charge is 0.490 e. The van der Waals surface area contributed by atoms with E-state index in [1.165, 1.54) is 11.2 Å². The summed E-state index contributed by atoms with van der Waals surface area (Å²) < 4.78 is 11.1. The summed E-state index contributed by atoms with van der Waals surface area (Å²) >= 11 is 0. The highest BCUT2D eigenvalue weighted by Gasteiger charge is 2.27. The first-order valence-electron chi connectivity index (χ1n) is 9.65. The maximum absolute atomic E-state index is 12.3. The van der Waals surface area contributed by atoms with E-state index >= 15 is 0 Å². The number of hydrogen-bond acceptors (Lipinski definition) is 4. The molecule has 1 amide bonds. The number of ether oxygens (including phenoxy) is 1. The fourth-order valence-corrected chi connectivity index (χ4v) is 3.69. The predicted octanol–water partition coefficient (Wildman–Crippen LogP) is 1.21. The molecule has 1 aliphatic rings. The minimum Gasteiger partial charge on any atom is -0.490 e. The van der Waals surface area contributed by atoms with Crippen molar-refractivity contribution in [1.82, 2.24) is 4.90 Å². The normalized spacial score (nSPS) is 16.2. The van der Waals surface area contributed by atoms with Gasteiger partial charge in [-0.25, -0.2) is 0 Å². The number of benzene rings is 2. The highest BCUT2D eigenvalue weighted by molar-refractivity contribution is 5.91.